The van der Waals surface area contributed by atoms with Crippen molar-refractivity contribution in [2.24, 2.45) is 0 Å². The fraction of sp³-hybridized carbons (Fsp3) is 0.278. The Bertz CT molecular complexity index is 684. The van der Waals surface area contributed by atoms with Crippen molar-refractivity contribution < 1.29 is 9.59 Å². The maximum Gasteiger partial charge on any atom is 0.269 e. The lowest BCUT2D eigenvalue weighted by atomic mass is 10.1. The average Bonchev–Trinajstić information content (AvgIpc) is 2.57. The van der Waals surface area contributed by atoms with Gasteiger partial charge in [-0.15, -0.1) is 0 Å². The Morgan fingerprint density at radius 2 is 1.70 bits per heavy atom. The topological polar surface area (TPSA) is 71.1 Å². The van der Waals surface area contributed by atoms with Gasteiger partial charge in [-0.1, -0.05) is 12.1 Å². The highest BCUT2D eigenvalue weighted by molar-refractivity contribution is 5.94. The molecule has 0 aliphatic heterocycles. The van der Waals surface area contributed by atoms with Crippen LogP contribution in [0.2, 0.25) is 0 Å². The normalized spacial score (nSPS) is 10.2. The monoisotopic (exact) mass is 311 g/mol. The number of hydrogen-bond acceptors (Lipinski definition) is 3. The van der Waals surface area contributed by atoms with E-state index < -0.39 is 0 Å². The Balaban J connectivity index is 1.70. The summed E-state index contributed by atoms with van der Waals surface area (Å²) in [6.07, 6.45) is 2.24. The molecule has 0 aliphatic carbocycles. The third-order valence-electron chi connectivity index (χ3n) is 3.59. The Hall–Kier alpha value is -2.69. The molecule has 2 amide bonds. The third kappa shape index (κ3) is 4.92. The van der Waals surface area contributed by atoms with Crippen molar-refractivity contribution >= 4 is 11.8 Å². The van der Waals surface area contributed by atoms with Crippen molar-refractivity contribution in [1.29, 1.82) is 0 Å². The van der Waals surface area contributed by atoms with Gasteiger partial charge in [-0.3, -0.25) is 14.6 Å². The van der Waals surface area contributed by atoms with Gasteiger partial charge in [0, 0.05) is 24.8 Å². The van der Waals surface area contributed by atoms with E-state index in [1.807, 2.05) is 32.0 Å². The van der Waals surface area contributed by atoms with Gasteiger partial charge in [0.05, 0.1) is 0 Å². The molecule has 0 radical (unpaired) electrons. The zero-order valence-corrected chi connectivity index (χ0v) is 13.4. The van der Waals surface area contributed by atoms with E-state index in [4.69, 9.17) is 0 Å². The quantitative estimate of drug-likeness (QED) is 0.804. The van der Waals surface area contributed by atoms with Crippen LogP contribution in [0.15, 0.2) is 42.6 Å². The minimum atomic E-state index is -0.203. The molecule has 0 aliphatic rings. The van der Waals surface area contributed by atoms with E-state index in [2.05, 4.69) is 15.6 Å². The van der Waals surface area contributed by atoms with Crippen LogP contribution in [0, 0.1) is 13.8 Å². The smallest absolute Gasteiger partial charge is 0.269 e. The molecule has 2 rings (SSSR count). The molecule has 0 saturated heterocycles. The third-order valence-corrected chi connectivity index (χ3v) is 3.59. The highest BCUT2D eigenvalue weighted by atomic mass is 16.2. The Morgan fingerprint density at radius 1 is 0.957 bits per heavy atom. The van der Waals surface area contributed by atoms with Gasteiger partial charge < -0.3 is 10.6 Å². The van der Waals surface area contributed by atoms with Gasteiger partial charge in [-0.25, -0.2) is 0 Å². The largest absolute Gasteiger partial charge is 0.352 e. The maximum absolute atomic E-state index is 12.0. The summed E-state index contributed by atoms with van der Waals surface area (Å²) in [5.74, 6) is -0.296. The molecular formula is C18H21N3O2. The van der Waals surface area contributed by atoms with E-state index in [1.54, 1.807) is 24.4 Å². The van der Waals surface area contributed by atoms with E-state index in [9.17, 15) is 9.59 Å². The van der Waals surface area contributed by atoms with Crippen molar-refractivity contribution in [2.75, 3.05) is 13.1 Å². The first kappa shape index (κ1) is 16.7. The fourth-order valence-electron chi connectivity index (χ4n) is 2.06. The summed E-state index contributed by atoms with van der Waals surface area (Å²) < 4.78 is 0. The predicted molar refractivity (Wildman–Crippen MR) is 89.4 cm³/mol. The number of amides is 2. The predicted octanol–water partition coefficient (Wildman–Crippen LogP) is 2.25. The molecule has 0 bridgehead atoms. The van der Waals surface area contributed by atoms with Gasteiger partial charge in [0.1, 0.15) is 5.69 Å². The minimum absolute atomic E-state index is 0.0934. The first-order valence-electron chi connectivity index (χ1n) is 7.62. The molecule has 0 atom stereocenters. The second kappa shape index (κ2) is 8.08. The number of carbonyl (C=O) groups excluding carboxylic acids is 2. The minimum Gasteiger partial charge on any atom is -0.352 e. The van der Waals surface area contributed by atoms with Crippen LogP contribution >= 0.6 is 0 Å². The van der Waals surface area contributed by atoms with E-state index >= 15 is 0 Å². The molecule has 0 unspecified atom stereocenters. The van der Waals surface area contributed by atoms with Gasteiger partial charge in [-0.05, 0) is 55.7 Å². The zero-order chi connectivity index (χ0) is 16.7. The van der Waals surface area contributed by atoms with E-state index in [-0.39, 0.29) is 11.8 Å². The summed E-state index contributed by atoms with van der Waals surface area (Å²) in [5.41, 5.74) is 3.32. The number of carbonyl (C=O) groups is 2. The van der Waals surface area contributed by atoms with Gasteiger partial charge in [0.2, 0.25) is 0 Å². The van der Waals surface area contributed by atoms with E-state index in [1.165, 1.54) is 5.56 Å². The van der Waals surface area contributed by atoms with Gasteiger partial charge in [0.25, 0.3) is 11.8 Å². The molecule has 5 nitrogen and oxygen atoms in total. The molecule has 5 heteroatoms. The standard InChI is InChI=1S/C18H21N3O2/c1-13-7-8-15(12-14(13)2)17(22)20-10-5-11-21-18(23)16-6-3-4-9-19-16/h3-4,6-9,12H,5,10-11H2,1-2H3,(H,20,22)(H,21,23). The summed E-state index contributed by atoms with van der Waals surface area (Å²) in [7, 11) is 0. The lowest BCUT2D eigenvalue weighted by molar-refractivity contribution is 0.0948. The van der Waals surface area contributed by atoms with Crippen molar-refractivity contribution in [1.82, 2.24) is 15.6 Å². The Labute approximate surface area is 136 Å². The summed E-state index contributed by atoms with van der Waals surface area (Å²) in [4.78, 5) is 27.8. The lowest BCUT2D eigenvalue weighted by Crippen LogP contribution is -2.30. The first-order chi connectivity index (χ1) is 11.1. The molecule has 0 spiro atoms. The number of pyridine rings is 1. The number of hydrogen-bond donors (Lipinski definition) is 2. The van der Waals surface area contributed by atoms with Crippen LogP contribution in [0.5, 0.6) is 0 Å². The molecule has 2 aromatic rings. The van der Waals surface area contributed by atoms with Crippen molar-refractivity contribution in [3.05, 3.63) is 65.0 Å². The average molecular weight is 311 g/mol. The Kier molecular flexibility index (Phi) is 5.86. The van der Waals surface area contributed by atoms with Crippen LogP contribution < -0.4 is 10.6 Å². The molecule has 2 N–H and O–H groups in total. The molecule has 23 heavy (non-hydrogen) atoms. The lowest BCUT2D eigenvalue weighted by Gasteiger charge is -2.08. The number of benzene rings is 1. The summed E-state index contributed by atoms with van der Waals surface area (Å²) in [6, 6.07) is 10.8. The highest BCUT2D eigenvalue weighted by Gasteiger charge is 2.07. The molecular weight excluding hydrogens is 290 g/mol. The number of nitrogens with one attached hydrogen (secondary N) is 2. The van der Waals surface area contributed by atoms with Crippen LogP contribution in [0.25, 0.3) is 0 Å². The summed E-state index contributed by atoms with van der Waals surface area (Å²) in [6.45, 7) is 5.00. The molecule has 120 valence electrons. The number of rotatable bonds is 6. The molecule has 0 fully saturated rings. The van der Waals surface area contributed by atoms with Gasteiger partial charge in [0.15, 0.2) is 0 Å². The molecule has 1 heterocycles. The van der Waals surface area contributed by atoms with Crippen molar-refractivity contribution in [2.45, 2.75) is 20.3 Å². The van der Waals surface area contributed by atoms with Gasteiger partial charge in [-0.2, -0.15) is 0 Å². The summed E-state index contributed by atoms with van der Waals surface area (Å²) in [5, 5.41) is 5.63. The van der Waals surface area contributed by atoms with E-state index in [0.717, 1.165) is 5.56 Å². The number of aryl methyl sites for hydroxylation is 2. The number of nitrogens with zero attached hydrogens (tertiary/aromatic N) is 1. The first-order valence-corrected chi connectivity index (χ1v) is 7.62. The SMILES string of the molecule is Cc1ccc(C(=O)NCCCNC(=O)c2ccccn2)cc1C. The highest BCUT2D eigenvalue weighted by Crippen LogP contribution is 2.09. The van der Waals surface area contributed by atoms with Crippen LogP contribution in [-0.2, 0) is 0 Å². The molecule has 1 aromatic carbocycles. The Morgan fingerprint density at radius 3 is 2.35 bits per heavy atom. The van der Waals surface area contributed by atoms with Crippen molar-refractivity contribution in [3.63, 3.8) is 0 Å². The van der Waals surface area contributed by atoms with Crippen molar-refractivity contribution in [3.8, 4) is 0 Å². The molecule has 1 aromatic heterocycles. The second-order valence-corrected chi connectivity index (χ2v) is 5.38. The van der Waals surface area contributed by atoms with Crippen LogP contribution in [0.3, 0.4) is 0 Å². The van der Waals surface area contributed by atoms with Crippen LogP contribution in [0.4, 0.5) is 0 Å². The molecule has 0 saturated carbocycles. The zero-order valence-electron chi connectivity index (χ0n) is 13.4. The maximum atomic E-state index is 12.0. The fourth-order valence-corrected chi connectivity index (χ4v) is 2.06. The van der Waals surface area contributed by atoms with Crippen LogP contribution in [-0.4, -0.2) is 29.9 Å². The van der Waals surface area contributed by atoms with Gasteiger partial charge >= 0.3 is 0 Å². The second-order valence-electron chi connectivity index (χ2n) is 5.38. The summed E-state index contributed by atoms with van der Waals surface area (Å²) >= 11 is 0. The number of aromatic nitrogens is 1. The van der Waals surface area contributed by atoms with E-state index in [0.29, 0.717) is 30.8 Å². The van der Waals surface area contributed by atoms with Crippen LogP contribution in [0.1, 0.15) is 38.4 Å².